The molecule has 0 aromatic carbocycles. The minimum Gasteiger partial charge on any atom is -0.169 e. The summed E-state index contributed by atoms with van der Waals surface area (Å²) in [5, 5.41) is 0. The van der Waals surface area contributed by atoms with E-state index >= 15 is 0 Å². The van der Waals surface area contributed by atoms with Gasteiger partial charge in [-0.15, -0.1) is 0 Å². The lowest BCUT2D eigenvalue weighted by Gasteiger charge is -2.27. The zero-order valence-corrected chi connectivity index (χ0v) is 17.3. The third-order valence-corrected chi connectivity index (χ3v) is 4.72. The lowest BCUT2D eigenvalue weighted by atomic mass is 10.0. The van der Waals surface area contributed by atoms with Gasteiger partial charge in [0.05, 0.1) is 0 Å². The lowest BCUT2D eigenvalue weighted by Crippen LogP contribution is -2.44. The molecule has 0 aliphatic heterocycles. The fourth-order valence-electron chi connectivity index (χ4n) is 3.31. The maximum absolute atomic E-state index is 5.70. The molecule has 146 valence electrons. The molecule has 0 saturated heterocycles. The molecule has 0 saturated carbocycles. The van der Waals surface area contributed by atoms with Crippen molar-refractivity contribution in [1.82, 2.24) is 0 Å². The SMILES string of the molecule is CCCCCCCCCCCCCCCC[N+](C)(OCC)OCC. The molecule has 24 heavy (non-hydrogen) atoms. The van der Waals surface area contributed by atoms with Crippen LogP contribution >= 0.6 is 0 Å². The molecule has 0 fully saturated rings. The van der Waals surface area contributed by atoms with Gasteiger partial charge in [0.1, 0.15) is 26.8 Å². The van der Waals surface area contributed by atoms with Crippen molar-refractivity contribution in [3.05, 3.63) is 0 Å². The van der Waals surface area contributed by atoms with Gasteiger partial charge in [-0.25, -0.2) is 0 Å². The van der Waals surface area contributed by atoms with E-state index < -0.39 is 0 Å². The summed E-state index contributed by atoms with van der Waals surface area (Å²) >= 11 is 0. The fourth-order valence-corrected chi connectivity index (χ4v) is 3.31. The van der Waals surface area contributed by atoms with Gasteiger partial charge in [0.15, 0.2) is 0 Å². The van der Waals surface area contributed by atoms with Crippen LogP contribution in [-0.4, -0.2) is 31.6 Å². The molecular weight excluding hydrogens is 298 g/mol. The van der Waals surface area contributed by atoms with Crippen molar-refractivity contribution in [3.8, 4) is 0 Å². The summed E-state index contributed by atoms with van der Waals surface area (Å²) in [4.78, 5) is 11.7. The van der Waals surface area contributed by atoms with E-state index in [1.165, 1.54) is 89.9 Å². The summed E-state index contributed by atoms with van der Waals surface area (Å²) in [5.41, 5.74) is 0. The van der Waals surface area contributed by atoms with Gasteiger partial charge in [-0.05, 0) is 25.1 Å². The summed E-state index contributed by atoms with van der Waals surface area (Å²) < 4.78 is 0. The normalized spacial score (nSPS) is 12.0. The molecule has 3 nitrogen and oxygen atoms in total. The van der Waals surface area contributed by atoms with Crippen LogP contribution in [0.4, 0.5) is 0 Å². The summed E-state index contributed by atoms with van der Waals surface area (Å²) in [5.74, 6) is 0. The van der Waals surface area contributed by atoms with Crippen molar-refractivity contribution in [2.75, 3.05) is 26.8 Å². The van der Waals surface area contributed by atoms with Gasteiger partial charge in [-0.2, -0.15) is 9.68 Å². The summed E-state index contributed by atoms with van der Waals surface area (Å²) in [6.07, 6.45) is 19.6. The topological polar surface area (TPSA) is 18.5 Å². The van der Waals surface area contributed by atoms with E-state index in [1.54, 1.807) is 0 Å². The Bertz CT molecular complexity index is 240. The average Bonchev–Trinajstić information content (AvgIpc) is 2.55. The Morgan fingerprint density at radius 2 is 0.833 bits per heavy atom. The highest BCUT2D eigenvalue weighted by Crippen LogP contribution is 2.14. The summed E-state index contributed by atoms with van der Waals surface area (Å²) in [7, 11) is 2.02. The maximum atomic E-state index is 5.70. The van der Waals surface area contributed by atoms with Gasteiger partial charge in [0.2, 0.25) is 0 Å². The quantitative estimate of drug-likeness (QED) is 0.145. The van der Waals surface area contributed by atoms with Crippen LogP contribution in [0.1, 0.15) is 111 Å². The lowest BCUT2D eigenvalue weighted by molar-refractivity contribution is -1.23. The fraction of sp³-hybridized carbons (Fsp3) is 1.00. The van der Waals surface area contributed by atoms with E-state index in [2.05, 4.69) is 6.92 Å². The van der Waals surface area contributed by atoms with Crippen LogP contribution in [0.3, 0.4) is 0 Å². The molecule has 0 N–H and O–H groups in total. The Hall–Kier alpha value is -0.120. The minimum atomic E-state index is 0.311. The molecule has 0 aliphatic carbocycles. The number of hydrogen-bond donors (Lipinski definition) is 0. The van der Waals surface area contributed by atoms with E-state index in [4.69, 9.17) is 9.68 Å². The van der Waals surface area contributed by atoms with Crippen LogP contribution in [0.15, 0.2) is 0 Å². The van der Waals surface area contributed by atoms with E-state index in [-0.39, 0.29) is 0 Å². The zero-order valence-electron chi connectivity index (χ0n) is 17.3. The minimum absolute atomic E-state index is 0.311. The van der Waals surface area contributed by atoms with Gasteiger partial charge < -0.3 is 0 Å². The Morgan fingerprint density at radius 3 is 1.17 bits per heavy atom. The van der Waals surface area contributed by atoms with E-state index in [0.717, 1.165) is 6.54 Å². The summed E-state index contributed by atoms with van der Waals surface area (Å²) in [6, 6.07) is 0. The number of rotatable bonds is 19. The maximum Gasteiger partial charge on any atom is 0.142 e. The second-order valence-corrected chi connectivity index (χ2v) is 7.17. The molecule has 0 spiro atoms. The van der Waals surface area contributed by atoms with Crippen LogP contribution in [-0.2, 0) is 9.68 Å². The predicted octanol–water partition coefficient (Wildman–Crippen LogP) is 6.82. The molecule has 3 heteroatoms. The first-order valence-corrected chi connectivity index (χ1v) is 10.8. The summed E-state index contributed by atoms with van der Waals surface area (Å²) in [6.45, 7) is 8.71. The molecule has 0 rings (SSSR count). The molecule has 0 aromatic rings. The smallest absolute Gasteiger partial charge is 0.142 e. The first kappa shape index (κ1) is 23.9. The Morgan fingerprint density at radius 1 is 0.500 bits per heavy atom. The van der Waals surface area contributed by atoms with Crippen LogP contribution < -0.4 is 0 Å². The van der Waals surface area contributed by atoms with Crippen molar-refractivity contribution in [1.29, 1.82) is 0 Å². The van der Waals surface area contributed by atoms with Crippen LogP contribution in [0.25, 0.3) is 0 Å². The number of nitrogens with zero attached hydrogens (tertiary/aromatic N) is 1. The second-order valence-electron chi connectivity index (χ2n) is 7.17. The van der Waals surface area contributed by atoms with Gasteiger partial charge in [-0.1, -0.05) is 84.0 Å². The predicted molar refractivity (Wildman–Crippen MR) is 105 cm³/mol. The first-order valence-electron chi connectivity index (χ1n) is 10.8. The van der Waals surface area contributed by atoms with Crippen molar-refractivity contribution in [2.45, 2.75) is 111 Å². The molecule has 0 aliphatic rings. The molecule has 0 unspecified atom stereocenters. The molecule has 0 heterocycles. The van der Waals surface area contributed by atoms with Crippen molar-refractivity contribution < 1.29 is 14.5 Å². The van der Waals surface area contributed by atoms with Crippen molar-refractivity contribution in [3.63, 3.8) is 0 Å². The Kier molecular flexibility index (Phi) is 17.6. The first-order chi connectivity index (χ1) is 11.7. The highest BCUT2D eigenvalue weighted by molar-refractivity contribution is 4.49. The average molecular weight is 345 g/mol. The van der Waals surface area contributed by atoms with E-state index in [1.807, 2.05) is 20.9 Å². The van der Waals surface area contributed by atoms with Crippen LogP contribution in [0.5, 0.6) is 0 Å². The van der Waals surface area contributed by atoms with E-state index in [0.29, 0.717) is 18.0 Å². The largest absolute Gasteiger partial charge is 0.169 e. The van der Waals surface area contributed by atoms with Gasteiger partial charge in [-0.3, -0.25) is 0 Å². The molecule has 0 aromatic heterocycles. The van der Waals surface area contributed by atoms with Crippen LogP contribution in [0, 0.1) is 0 Å². The highest BCUT2D eigenvalue weighted by Gasteiger charge is 2.23. The van der Waals surface area contributed by atoms with E-state index in [9.17, 15) is 0 Å². The molecule has 0 atom stereocenters. The Labute approximate surface area is 152 Å². The molecule has 0 amide bonds. The Balaban J connectivity index is 3.30. The molecule has 0 radical (unpaired) electrons. The molecule has 0 bridgehead atoms. The zero-order chi connectivity index (χ0) is 17.9. The second kappa shape index (κ2) is 17.7. The third kappa shape index (κ3) is 15.4. The number of unbranched alkanes of at least 4 members (excludes halogenated alkanes) is 13. The number of hydroxylamine groups is 4. The van der Waals surface area contributed by atoms with Crippen molar-refractivity contribution >= 4 is 0 Å². The highest BCUT2D eigenvalue weighted by atomic mass is 17.0. The number of quaternary nitrogens is 1. The van der Waals surface area contributed by atoms with Crippen molar-refractivity contribution in [2.24, 2.45) is 0 Å². The van der Waals surface area contributed by atoms with Gasteiger partial charge in [0, 0.05) is 6.42 Å². The van der Waals surface area contributed by atoms with Gasteiger partial charge >= 0.3 is 0 Å². The standard InChI is InChI=1S/C21H46NO2/c1-5-8-9-10-11-12-13-14-15-16-17-18-19-20-21-22(4,23-6-2)24-7-3/h5-21H2,1-4H3/q+1. The van der Waals surface area contributed by atoms with Crippen LogP contribution in [0.2, 0.25) is 0 Å². The third-order valence-electron chi connectivity index (χ3n) is 4.72. The monoisotopic (exact) mass is 344 g/mol. The molecular formula is C21H46NO2+. The number of hydrogen-bond acceptors (Lipinski definition) is 2. The van der Waals surface area contributed by atoms with Gasteiger partial charge in [0.25, 0.3) is 0 Å².